The lowest BCUT2D eigenvalue weighted by Crippen LogP contribution is -2.63. The quantitative estimate of drug-likeness (QED) is 0.119. The van der Waals surface area contributed by atoms with Crippen LogP contribution in [0.25, 0.3) is 0 Å². The molecule has 10 heteroatoms. The lowest BCUT2D eigenvalue weighted by molar-refractivity contribution is -0.221. The molecule has 2 aliphatic heterocycles. The Bertz CT molecular complexity index is 1250. The SMILES string of the molecule is CCCCC[C@]12CC[C@@H](O)C[C@H]1O[C@H]([C@@]1(O)C[C@@]34C(=C1C(=O)O)C[C@@H](CC[C@H]3C)[C@@]41CN(C(N)=NC)C=C[C@H]1CNCCO)CC2. The number of aliphatic hydroxyl groups excluding tert-OH is 2. The van der Waals surface area contributed by atoms with Gasteiger partial charge in [-0.15, -0.1) is 0 Å². The normalized spacial score (nSPS) is 43.7. The summed E-state index contributed by atoms with van der Waals surface area (Å²) in [7, 11) is 1.69. The maximum Gasteiger partial charge on any atom is 0.334 e. The number of carboxylic acids is 1. The number of unbranched alkanes of at least 4 members (excludes halogenated alkanes) is 2. The number of aliphatic imine (C=N–C) groups is 1. The van der Waals surface area contributed by atoms with Crippen LogP contribution >= 0.6 is 0 Å². The molecule has 10 atom stereocenters. The van der Waals surface area contributed by atoms with Gasteiger partial charge < -0.3 is 41.1 Å². The molecule has 46 heavy (non-hydrogen) atoms. The number of nitrogens with one attached hydrogen (secondary N) is 1. The molecule has 3 saturated carbocycles. The van der Waals surface area contributed by atoms with Crippen molar-refractivity contribution in [3.05, 3.63) is 23.4 Å². The zero-order valence-electron chi connectivity index (χ0n) is 28.2. The molecule has 0 aromatic carbocycles. The molecule has 0 radical (unpaired) electrons. The number of allylic oxidation sites excluding steroid dienone is 1. The van der Waals surface area contributed by atoms with Crippen LogP contribution in [-0.4, -0.2) is 94.5 Å². The monoisotopic (exact) mass is 642 g/mol. The summed E-state index contributed by atoms with van der Waals surface area (Å²) in [4.78, 5) is 19.8. The predicted octanol–water partition coefficient (Wildman–Crippen LogP) is 3.56. The Morgan fingerprint density at radius 3 is 2.70 bits per heavy atom. The van der Waals surface area contributed by atoms with E-state index in [2.05, 4.69) is 30.2 Å². The minimum absolute atomic E-state index is 0.0237. The van der Waals surface area contributed by atoms with E-state index in [0.717, 1.165) is 63.4 Å². The summed E-state index contributed by atoms with van der Waals surface area (Å²) in [6, 6.07) is 0. The molecule has 0 unspecified atom stereocenters. The molecule has 0 aromatic heterocycles. The van der Waals surface area contributed by atoms with E-state index < -0.39 is 34.6 Å². The standard InChI is InChI=1S/C36H58N4O6/c1-4-5-6-12-33-13-9-26(42)19-29(33)46-28(10-14-33)36(45)21-34-23(2)7-8-24(18-27(34)30(36)31(43)44)35(34)22-40(32(37)38-3)16-11-25(35)20-39-15-17-41/h11,16,23-26,28-29,39,41-42,45H,4-10,12-15,17-22H2,1-3H3,(H2,37,38)(H,43,44)/t23-,24-,25+,26-,28+,29-,33-,34+,35-,36+/m1/s1. The zero-order chi connectivity index (χ0) is 32.9. The summed E-state index contributed by atoms with van der Waals surface area (Å²) in [6.45, 7) is 6.23. The third kappa shape index (κ3) is 4.99. The molecule has 2 spiro atoms. The van der Waals surface area contributed by atoms with Gasteiger partial charge in [-0.2, -0.15) is 0 Å². The highest BCUT2D eigenvalue weighted by molar-refractivity contribution is 5.92. The van der Waals surface area contributed by atoms with Gasteiger partial charge in [0.1, 0.15) is 5.60 Å². The van der Waals surface area contributed by atoms with Crippen LogP contribution in [0.3, 0.4) is 0 Å². The van der Waals surface area contributed by atoms with E-state index in [1.54, 1.807) is 7.05 Å². The average molecular weight is 643 g/mol. The third-order valence-corrected chi connectivity index (χ3v) is 13.8. The van der Waals surface area contributed by atoms with Crippen molar-refractivity contribution in [3.63, 3.8) is 0 Å². The average Bonchev–Trinajstić information content (AvgIpc) is 3.39. The molecule has 0 aromatic rings. The first-order chi connectivity index (χ1) is 22.0. The largest absolute Gasteiger partial charge is 0.478 e. The predicted molar refractivity (Wildman–Crippen MR) is 177 cm³/mol. The fourth-order valence-electron chi connectivity index (χ4n) is 11.7. The number of rotatable bonds is 10. The Morgan fingerprint density at radius 2 is 1.98 bits per heavy atom. The first-order valence-electron chi connectivity index (χ1n) is 18.0. The number of aliphatic hydroxyl groups is 3. The first kappa shape index (κ1) is 33.9. The van der Waals surface area contributed by atoms with Crippen LogP contribution in [0.1, 0.15) is 97.3 Å². The Balaban J connectivity index is 1.42. The summed E-state index contributed by atoms with van der Waals surface area (Å²) < 4.78 is 6.94. The van der Waals surface area contributed by atoms with Crippen LogP contribution in [-0.2, 0) is 9.53 Å². The van der Waals surface area contributed by atoms with Crippen molar-refractivity contribution < 1.29 is 30.0 Å². The van der Waals surface area contributed by atoms with Gasteiger partial charge in [-0.25, -0.2) is 4.79 Å². The highest BCUT2D eigenvalue weighted by Crippen LogP contribution is 2.77. The number of guanidine groups is 1. The van der Waals surface area contributed by atoms with Gasteiger partial charge in [0.25, 0.3) is 0 Å². The lowest BCUT2D eigenvalue weighted by atomic mass is 9.45. The van der Waals surface area contributed by atoms with E-state index in [0.29, 0.717) is 51.3 Å². The maximum absolute atomic E-state index is 13.4. The summed E-state index contributed by atoms with van der Waals surface area (Å²) in [6.07, 6.45) is 14.1. The fraction of sp³-hybridized carbons (Fsp3) is 0.833. The molecular weight excluding hydrogens is 584 g/mol. The second-order valence-electron chi connectivity index (χ2n) is 15.6. The molecule has 6 rings (SSSR count). The number of hydrogen-bond acceptors (Lipinski definition) is 7. The minimum atomic E-state index is -1.64. The summed E-state index contributed by atoms with van der Waals surface area (Å²) in [5.74, 6) is -0.192. The Labute approximate surface area is 274 Å². The van der Waals surface area contributed by atoms with Crippen LogP contribution in [0.2, 0.25) is 0 Å². The number of nitrogens with zero attached hydrogens (tertiary/aromatic N) is 2. The van der Waals surface area contributed by atoms with Crippen LogP contribution in [0.5, 0.6) is 0 Å². The number of ether oxygens (including phenoxy) is 1. The van der Waals surface area contributed by atoms with Crippen molar-refractivity contribution in [2.45, 2.75) is 121 Å². The van der Waals surface area contributed by atoms with Crippen molar-refractivity contribution in [3.8, 4) is 0 Å². The fourth-order valence-corrected chi connectivity index (χ4v) is 11.7. The van der Waals surface area contributed by atoms with E-state index in [-0.39, 0.29) is 41.5 Å². The van der Waals surface area contributed by atoms with Gasteiger partial charge in [0, 0.05) is 50.1 Å². The number of fused-ring (bicyclic) bond motifs is 1. The van der Waals surface area contributed by atoms with Gasteiger partial charge in [-0.05, 0) is 86.5 Å². The molecule has 10 nitrogen and oxygen atoms in total. The third-order valence-electron chi connectivity index (χ3n) is 13.8. The number of aliphatic carboxylic acids is 1. The van der Waals surface area contributed by atoms with Crippen molar-refractivity contribution in [2.24, 2.45) is 44.7 Å². The van der Waals surface area contributed by atoms with E-state index in [4.69, 9.17) is 10.5 Å². The molecule has 6 aliphatic rings. The van der Waals surface area contributed by atoms with Crippen LogP contribution in [0, 0.1) is 34.0 Å². The molecule has 4 aliphatic carbocycles. The van der Waals surface area contributed by atoms with E-state index in [1.807, 2.05) is 11.1 Å². The van der Waals surface area contributed by atoms with Gasteiger partial charge in [-0.3, -0.25) is 4.99 Å². The van der Waals surface area contributed by atoms with Crippen LogP contribution in [0.4, 0.5) is 0 Å². The first-order valence-corrected chi connectivity index (χ1v) is 18.0. The summed E-state index contributed by atoms with van der Waals surface area (Å²) in [5, 5.41) is 47.8. The highest BCUT2D eigenvalue weighted by atomic mass is 16.5. The molecule has 2 bridgehead atoms. The van der Waals surface area contributed by atoms with E-state index >= 15 is 0 Å². The Hall–Kier alpha value is -1.98. The van der Waals surface area contributed by atoms with Crippen molar-refractivity contribution in [1.29, 1.82) is 0 Å². The summed E-state index contributed by atoms with van der Waals surface area (Å²) >= 11 is 0. The van der Waals surface area contributed by atoms with Gasteiger partial charge in [0.15, 0.2) is 5.96 Å². The lowest BCUT2D eigenvalue weighted by Gasteiger charge is -2.61. The molecule has 1 saturated heterocycles. The molecule has 0 amide bonds. The number of carboxylic acid groups (broad SMARTS) is 1. The van der Waals surface area contributed by atoms with E-state index in [1.165, 1.54) is 0 Å². The maximum atomic E-state index is 13.4. The summed E-state index contributed by atoms with van der Waals surface area (Å²) in [5.41, 5.74) is 4.91. The van der Waals surface area contributed by atoms with Crippen LogP contribution < -0.4 is 11.1 Å². The van der Waals surface area contributed by atoms with Crippen molar-refractivity contribution >= 4 is 11.9 Å². The minimum Gasteiger partial charge on any atom is -0.478 e. The van der Waals surface area contributed by atoms with Gasteiger partial charge in [-0.1, -0.05) is 39.2 Å². The van der Waals surface area contributed by atoms with Gasteiger partial charge in [0.2, 0.25) is 0 Å². The molecule has 4 fully saturated rings. The molecule has 258 valence electrons. The van der Waals surface area contributed by atoms with E-state index in [9.17, 15) is 25.2 Å². The van der Waals surface area contributed by atoms with Crippen molar-refractivity contribution in [2.75, 3.05) is 33.3 Å². The smallest absolute Gasteiger partial charge is 0.334 e. The van der Waals surface area contributed by atoms with Crippen LogP contribution in [0.15, 0.2) is 28.4 Å². The number of hydrogen-bond donors (Lipinski definition) is 6. The number of carbonyl (C=O) groups is 1. The van der Waals surface area contributed by atoms with Gasteiger partial charge in [0.05, 0.1) is 30.5 Å². The topological polar surface area (TPSA) is 161 Å². The molecule has 2 heterocycles. The molecular formula is C36H58N4O6. The Kier molecular flexibility index (Phi) is 9.44. The zero-order valence-corrected chi connectivity index (χ0v) is 28.2. The molecule has 7 N–H and O–H groups in total. The number of nitrogens with two attached hydrogens (primary N) is 1. The van der Waals surface area contributed by atoms with Crippen molar-refractivity contribution in [1.82, 2.24) is 10.2 Å². The Morgan fingerprint density at radius 1 is 1.20 bits per heavy atom. The van der Waals surface area contributed by atoms with Gasteiger partial charge >= 0.3 is 5.97 Å². The second kappa shape index (κ2) is 12.8. The second-order valence-corrected chi connectivity index (χ2v) is 15.6. The highest BCUT2D eigenvalue weighted by Gasteiger charge is 2.76.